The summed E-state index contributed by atoms with van der Waals surface area (Å²) in [4.78, 5) is 19.7. The highest BCUT2D eigenvalue weighted by atomic mass is 16.2. The second-order valence-corrected chi connectivity index (χ2v) is 9.50. The summed E-state index contributed by atoms with van der Waals surface area (Å²) in [5, 5.41) is 8.15. The number of hydrogen-bond donors (Lipinski definition) is 2. The molecule has 2 fully saturated rings. The van der Waals surface area contributed by atoms with Gasteiger partial charge in [-0.15, -0.1) is 0 Å². The molecular formula is C27H32N4O. The molecule has 0 aliphatic heterocycles. The number of anilines is 2. The first kappa shape index (κ1) is 20.8. The Bertz CT molecular complexity index is 1090. The van der Waals surface area contributed by atoms with E-state index in [4.69, 9.17) is 4.98 Å². The van der Waals surface area contributed by atoms with Crippen molar-refractivity contribution >= 4 is 28.3 Å². The zero-order chi connectivity index (χ0) is 22.1. The maximum absolute atomic E-state index is 12.7. The predicted octanol–water partition coefficient (Wildman–Crippen LogP) is 4.94. The van der Waals surface area contributed by atoms with Gasteiger partial charge in [0.15, 0.2) is 0 Å². The lowest BCUT2D eigenvalue weighted by Crippen LogP contribution is -2.41. The Hall–Kier alpha value is -3.08. The van der Waals surface area contributed by atoms with Crippen LogP contribution in [0, 0.1) is 5.92 Å². The Morgan fingerprint density at radius 2 is 1.62 bits per heavy atom. The van der Waals surface area contributed by atoms with Gasteiger partial charge in [0.2, 0.25) is 5.91 Å². The van der Waals surface area contributed by atoms with E-state index in [0.29, 0.717) is 18.0 Å². The molecule has 0 saturated heterocycles. The smallest absolute Gasteiger partial charge is 0.223 e. The number of carbonyl (C=O) groups excluding carboxylic acids is 1. The number of nitrogens with one attached hydrogen (secondary N) is 2. The molecular weight excluding hydrogens is 396 g/mol. The Labute approximate surface area is 190 Å². The van der Waals surface area contributed by atoms with Gasteiger partial charge in [-0.3, -0.25) is 4.79 Å². The molecule has 1 heterocycles. The molecule has 0 radical (unpaired) electrons. The SMILES string of the molecule is CN(C)c1cc(NC2CCC(NC(=O)C3C[C@H]3c3ccccc3)CC2)nc2ccccc12. The highest BCUT2D eigenvalue weighted by Gasteiger charge is 2.44. The van der Waals surface area contributed by atoms with Gasteiger partial charge >= 0.3 is 0 Å². The zero-order valence-electron chi connectivity index (χ0n) is 18.9. The van der Waals surface area contributed by atoms with Gasteiger partial charge in [0, 0.05) is 49.2 Å². The summed E-state index contributed by atoms with van der Waals surface area (Å²) >= 11 is 0. The van der Waals surface area contributed by atoms with Crippen molar-refractivity contribution in [3.63, 3.8) is 0 Å². The van der Waals surface area contributed by atoms with Gasteiger partial charge in [0.05, 0.1) is 5.52 Å². The molecule has 2 saturated carbocycles. The lowest BCUT2D eigenvalue weighted by Gasteiger charge is -2.30. The maximum atomic E-state index is 12.7. The topological polar surface area (TPSA) is 57.3 Å². The number of fused-ring (bicyclic) bond motifs is 1. The van der Waals surface area contributed by atoms with Crippen molar-refractivity contribution in [1.29, 1.82) is 0 Å². The predicted molar refractivity (Wildman–Crippen MR) is 131 cm³/mol. The van der Waals surface area contributed by atoms with Gasteiger partial charge in [0.1, 0.15) is 5.82 Å². The number of amides is 1. The van der Waals surface area contributed by atoms with Crippen molar-refractivity contribution in [1.82, 2.24) is 10.3 Å². The van der Waals surface area contributed by atoms with Crippen molar-refractivity contribution in [3.8, 4) is 0 Å². The van der Waals surface area contributed by atoms with E-state index in [-0.39, 0.29) is 11.8 Å². The van der Waals surface area contributed by atoms with Crippen LogP contribution in [-0.4, -0.2) is 37.1 Å². The van der Waals surface area contributed by atoms with Gasteiger partial charge < -0.3 is 15.5 Å². The van der Waals surface area contributed by atoms with Crippen molar-refractivity contribution < 1.29 is 4.79 Å². The van der Waals surface area contributed by atoms with Crippen LogP contribution in [0.4, 0.5) is 11.5 Å². The molecule has 3 aromatic rings. The Balaban J connectivity index is 1.15. The standard InChI is InChI=1S/C27H32N4O/c1-31(2)25-17-26(30-24-11-7-6-10-21(24)25)28-19-12-14-20(15-13-19)29-27(32)23-16-22(23)18-8-4-3-5-9-18/h3-11,17,19-20,22-23H,12-16H2,1-2H3,(H,28,30)(H,29,32)/t19?,20?,22-,23?/m0/s1. The average molecular weight is 429 g/mol. The molecule has 0 spiro atoms. The van der Waals surface area contributed by atoms with E-state index < -0.39 is 0 Å². The van der Waals surface area contributed by atoms with E-state index in [1.807, 2.05) is 12.1 Å². The van der Waals surface area contributed by atoms with Crippen LogP contribution in [0.5, 0.6) is 0 Å². The third-order valence-corrected chi connectivity index (χ3v) is 6.96. The summed E-state index contributed by atoms with van der Waals surface area (Å²) in [5.74, 6) is 1.73. The number of rotatable bonds is 6. The van der Waals surface area contributed by atoms with Crippen molar-refractivity contribution in [2.75, 3.05) is 24.3 Å². The first-order valence-corrected chi connectivity index (χ1v) is 11.8. The molecule has 5 rings (SSSR count). The number of pyridine rings is 1. The molecule has 0 bridgehead atoms. The van der Waals surface area contributed by atoms with E-state index in [0.717, 1.165) is 43.4 Å². The fraction of sp³-hybridized carbons (Fsp3) is 0.407. The average Bonchev–Trinajstić information content (AvgIpc) is 3.62. The van der Waals surface area contributed by atoms with Crippen LogP contribution in [0.3, 0.4) is 0 Å². The van der Waals surface area contributed by atoms with Crippen LogP contribution in [0.2, 0.25) is 0 Å². The second-order valence-electron chi connectivity index (χ2n) is 9.50. The van der Waals surface area contributed by atoms with Crippen molar-refractivity contribution in [3.05, 3.63) is 66.2 Å². The van der Waals surface area contributed by atoms with E-state index >= 15 is 0 Å². The van der Waals surface area contributed by atoms with E-state index in [2.05, 4.69) is 78.2 Å². The molecule has 1 amide bonds. The van der Waals surface area contributed by atoms with Crippen LogP contribution in [0.15, 0.2) is 60.7 Å². The second kappa shape index (κ2) is 8.81. The fourth-order valence-corrected chi connectivity index (χ4v) is 5.05. The van der Waals surface area contributed by atoms with E-state index in [1.165, 1.54) is 16.6 Å². The Morgan fingerprint density at radius 1 is 0.938 bits per heavy atom. The molecule has 5 nitrogen and oxygen atoms in total. The monoisotopic (exact) mass is 428 g/mol. The minimum absolute atomic E-state index is 0.152. The summed E-state index contributed by atoms with van der Waals surface area (Å²) in [6.45, 7) is 0. The third kappa shape index (κ3) is 4.43. The van der Waals surface area contributed by atoms with Gasteiger partial charge in [-0.05, 0) is 49.7 Å². The van der Waals surface area contributed by atoms with Crippen LogP contribution in [0.25, 0.3) is 10.9 Å². The van der Waals surface area contributed by atoms with Crippen LogP contribution in [0.1, 0.15) is 43.6 Å². The summed E-state index contributed by atoms with van der Waals surface area (Å²) < 4.78 is 0. The maximum Gasteiger partial charge on any atom is 0.223 e. The molecule has 166 valence electrons. The number of benzene rings is 2. The first-order valence-electron chi connectivity index (χ1n) is 11.8. The number of hydrogen-bond acceptors (Lipinski definition) is 4. The molecule has 1 unspecified atom stereocenters. The molecule has 1 aromatic heterocycles. The van der Waals surface area contributed by atoms with Gasteiger partial charge in [-0.2, -0.15) is 0 Å². The molecule has 2 N–H and O–H groups in total. The molecule has 2 aromatic carbocycles. The molecule has 5 heteroatoms. The fourth-order valence-electron chi connectivity index (χ4n) is 5.05. The summed E-state index contributed by atoms with van der Waals surface area (Å²) in [6.07, 6.45) is 5.10. The molecule has 2 atom stereocenters. The largest absolute Gasteiger partial charge is 0.377 e. The number of nitrogens with zero attached hydrogens (tertiary/aromatic N) is 2. The Kier molecular flexibility index (Phi) is 5.73. The summed E-state index contributed by atoms with van der Waals surface area (Å²) in [7, 11) is 4.14. The summed E-state index contributed by atoms with van der Waals surface area (Å²) in [5.41, 5.74) is 3.48. The van der Waals surface area contributed by atoms with Crippen LogP contribution in [-0.2, 0) is 4.79 Å². The van der Waals surface area contributed by atoms with Crippen molar-refractivity contribution in [2.45, 2.75) is 50.1 Å². The molecule has 2 aliphatic carbocycles. The number of aromatic nitrogens is 1. The molecule has 2 aliphatic rings. The lowest BCUT2D eigenvalue weighted by molar-refractivity contribution is -0.123. The van der Waals surface area contributed by atoms with E-state index in [1.54, 1.807) is 0 Å². The third-order valence-electron chi connectivity index (χ3n) is 6.96. The Morgan fingerprint density at radius 3 is 2.38 bits per heavy atom. The van der Waals surface area contributed by atoms with Gasteiger partial charge in [-0.1, -0.05) is 48.5 Å². The van der Waals surface area contributed by atoms with Crippen LogP contribution < -0.4 is 15.5 Å². The minimum atomic E-state index is 0.152. The summed E-state index contributed by atoms with van der Waals surface area (Å²) in [6, 6.07) is 21.5. The highest BCUT2D eigenvalue weighted by molar-refractivity contribution is 5.93. The van der Waals surface area contributed by atoms with Gasteiger partial charge in [-0.25, -0.2) is 4.98 Å². The van der Waals surface area contributed by atoms with Gasteiger partial charge in [0.25, 0.3) is 0 Å². The lowest BCUT2D eigenvalue weighted by atomic mass is 9.91. The molecule has 32 heavy (non-hydrogen) atoms. The van der Waals surface area contributed by atoms with E-state index in [9.17, 15) is 4.79 Å². The zero-order valence-corrected chi connectivity index (χ0v) is 18.9. The normalized spacial score (nSPS) is 24.7. The first-order chi connectivity index (χ1) is 15.6. The minimum Gasteiger partial charge on any atom is -0.377 e. The number of carbonyl (C=O) groups is 1. The van der Waals surface area contributed by atoms with Crippen molar-refractivity contribution in [2.24, 2.45) is 5.92 Å². The van der Waals surface area contributed by atoms with Crippen LogP contribution >= 0.6 is 0 Å². The number of para-hydroxylation sites is 1. The highest BCUT2D eigenvalue weighted by Crippen LogP contribution is 2.47. The quantitative estimate of drug-likeness (QED) is 0.584.